The molecule has 0 bridgehead atoms. The third-order valence-corrected chi connectivity index (χ3v) is 3.91. The SMILES string of the molecule is CN1CCC(c2ccc(-c3ccnc(N)n3)nc2)CC1.N. The molecule has 0 unspecified atom stereocenters. The van der Waals surface area contributed by atoms with Gasteiger partial charge in [-0.25, -0.2) is 9.97 Å². The van der Waals surface area contributed by atoms with Crippen molar-refractivity contribution < 1.29 is 0 Å². The zero-order valence-corrected chi connectivity index (χ0v) is 12.4. The van der Waals surface area contributed by atoms with Crippen molar-refractivity contribution in [3.8, 4) is 11.4 Å². The summed E-state index contributed by atoms with van der Waals surface area (Å²) in [6.45, 7) is 2.32. The van der Waals surface area contributed by atoms with Gasteiger partial charge in [0.25, 0.3) is 0 Å². The number of nitrogens with two attached hydrogens (primary N) is 1. The van der Waals surface area contributed by atoms with Crippen LogP contribution in [-0.4, -0.2) is 40.0 Å². The standard InChI is InChI=1S/C15H19N5.H3N/c1-20-8-5-11(6-9-20)12-2-3-13(18-10-12)14-4-7-17-15(16)19-14;/h2-4,7,10-11H,5-6,8-9H2,1H3,(H2,16,17,19);1H3. The van der Waals surface area contributed by atoms with E-state index in [0.29, 0.717) is 5.92 Å². The molecule has 1 aliphatic heterocycles. The number of piperidine rings is 1. The second-order valence-corrected chi connectivity index (χ2v) is 5.35. The van der Waals surface area contributed by atoms with Crippen molar-refractivity contribution in [2.75, 3.05) is 25.9 Å². The van der Waals surface area contributed by atoms with Crippen LogP contribution in [0.1, 0.15) is 24.3 Å². The summed E-state index contributed by atoms with van der Waals surface area (Å²) < 4.78 is 0. The van der Waals surface area contributed by atoms with E-state index in [-0.39, 0.29) is 12.1 Å². The van der Waals surface area contributed by atoms with Crippen LogP contribution in [0.4, 0.5) is 5.95 Å². The maximum atomic E-state index is 5.60. The van der Waals surface area contributed by atoms with E-state index in [1.807, 2.05) is 18.3 Å². The van der Waals surface area contributed by atoms with Crippen LogP contribution in [0.2, 0.25) is 0 Å². The van der Waals surface area contributed by atoms with Gasteiger partial charge in [-0.1, -0.05) is 6.07 Å². The second kappa shape index (κ2) is 6.60. The number of anilines is 1. The minimum Gasteiger partial charge on any atom is -0.368 e. The smallest absolute Gasteiger partial charge is 0.220 e. The van der Waals surface area contributed by atoms with Crippen LogP contribution in [0.5, 0.6) is 0 Å². The summed E-state index contributed by atoms with van der Waals surface area (Å²) >= 11 is 0. The van der Waals surface area contributed by atoms with Crippen molar-refractivity contribution in [2.45, 2.75) is 18.8 Å². The molecule has 1 saturated heterocycles. The predicted octanol–water partition coefficient (Wildman–Crippen LogP) is 2.09. The molecule has 0 spiro atoms. The summed E-state index contributed by atoms with van der Waals surface area (Å²) in [5.74, 6) is 0.909. The molecule has 3 rings (SSSR count). The fourth-order valence-corrected chi connectivity index (χ4v) is 2.66. The molecule has 0 radical (unpaired) electrons. The first-order valence-electron chi connectivity index (χ1n) is 6.96. The van der Waals surface area contributed by atoms with Crippen molar-refractivity contribution in [1.82, 2.24) is 26.0 Å². The van der Waals surface area contributed by atoms with Gasteiger partial charge in [0.1, 0.15) is 0 Å². The summed E-state index contributed by atoms with van der Waals surface area (Å²) in [4.78, 5) is 15.0. The van der Waals surface area contributed by atoms with Gasteiger partial charge < -0.3 is 16.8 Å². The molecule has 0 aliphatic carbocycles. The van der Waals surface area contributed by atoms with E-state index in [0.717, 1.165) is 24.5 Å². The fraction of sp³-hybridized carbons (Fsp3) is 0.400. The van der Waals surface area contributed by atoms with Gasteiger partial charge in [0.15, 0.2) is 0 Å². The topological polar surface area (TPSA) is 103 Å². The average molecular weight is 286 g/mol. The molecule has 6 heteroatoms. The van der Waals surface area contributed by atoms with Crippen LogP contribution >= 0.6 is 0 Å². The maximum absolute atomic E-state index is 5.60. The van der Waals surface area contributed by atoms with Crippen LogP contribution in [0.3, 0.4) is 0 Å². The van der Waals surface area contributed by atoms with E-state index in [9.17, 15) is 0 Å². The molecule has 112 valence electrons. The van der Waals surface area contributed by atoms with Crippen molar-refractivity contribution in [3.05, 3.63) is 36.2 Å². The van der Waals surface area contributed by atoms with Crippen LogP contribution in [-0.2, 0) is 0 Å². The lowest BCUT2D eigenvalue weighted by Crippen LogP contribution is -2.29. The number of rotatable bonds is 2. The summed E-state index contributed by atoms with van der Waals surface area (Å²) in [5, 5.41) is 0. The van der Waals surface area contributed by atoms with Crippen LogP contribution < -0.4 is 11.9 Å². The number of nitrogen functional groups attached to an aromatic ring is 1. The molecule has 1 fully saturated rings. The first kappa shape index (κ1) is 15.3. The Morgan fingerprint density at radius 2 is 1.86 bits per heavy atom. The van der Waals surface area contributed by atoms with Crippen molar-refractivity contribution >= 4 is 5.95 Å². The number of pyridine rings is 1. The highest BCUT2D eigenvalue weighted by Gasteiger charge is 2.18. The summed E-state index contributed by atoms with van der Waals surface area (Å²) in [6, 6.07) is 6.01. The first-order valence-corrected chi connectivity index (χ1v) is 6.96. The molecule has 0 amide bonds. The van der Waals surface area contributed by atoms with Crippen molar-refractivity contribution in [3.63, 3.8) is 0 Å². The second-order valence-electron chi connectivity index (χ2n) is 5.35. The molecule has 1 aliphatic rings. The summed E-state index contributed by atoms with van der Waals surface area (Å²) in [6.07, 6.45) is 6.05. The van der Waals surface area contributed by atoms with Crippen LogP contribution in [0.15, 0.2) is 30.6 Å². The Hall–Kier alpha value is -2.05. The Balaban J connectivity index is 0.00000161. The molecule has 0 saturated carbocycles. The maximum Gasteiger partial charge on any atom is 0.220 e. The summed E-state index contributed by atoms with van der Waals surface area (Å²) in [7, 11) is 2.18. The molecule has 2 aromatic rings. The fourth-order valence-electron chi connectivity index (χ4n) is 2.66. The highest BCUT2D eigenvalue weighted by Crippen LogP contribution is 2.27. The number of hydrogen-bond acceptors (Lipinski definition) is 6. The van der Waals surface area contributed by atoms with E-state index in [1.54, 1.807) is 6.20 Å². The van der Waals surface area contributed by atoms with Gasteiger partial charge in [-0.15, -0.1) is 0 Å². The third kappa shape index (κ3) is 3.53. The van der Waals surface area contributed by atoms with Gasteiger partial charge in [0.05, 0.1) is 11.4 Å². The molecular weight excluding hydrogens is 264 g/mol. The number of aromatic nitrogens is 3. The van der Waals surface area contributed by atoms with Gasteiger partial charge in [0, 0.05) is 12.4 Å². The highest BCUT2D eigenvalue weighted by molar-refractivity contribution is 5.54. The van der Waals surface area contributed by atoms with Crippen LogP contribution in [0.25, 0.3) is 11.4 Å². The lowest BCUT2D eigenvalue weighted by atomic mass is 9.90. The molecular formula is C15H22N6. The Bertz CT molecular complexity index is 575. The van der Waals surface area contributed by atoms with Gasteiger partial charge >= 0.3 is 0 Å². The molecule has 0 aromatic carbocycles. The highest BCUT2D eigenvalue weighted by atomic mass is 15.1. The number of hydrogen-bond donors (Lipinski definition) is 2. The first-order chi connectivity index (χ1) is 9.72. The quantitative estimate of drug-likeness (QED) is 0.876. The molecule has 3 heterocycles. The van der Waals surface area contributed by atoms with E-state index in [2.05, 4.69) is 33.0 Å². The average Bonchev–Trinajstić information content (AvgIpc) is 2.48. The van der Waals surface area contributed by atoms with Gasteiger partial charge in [-0.2, -0.15) is 0 Å². The van der Waals surface area contributed by atoms with E-state index in [4.69, 9.17) is 5.73 Å². The number of nitrogens with zero attached hydrogens (tertiary/aromatic N) is 4. The van der Waals surface area contributed by atoms with Gasteiger partial charge in [-0.05, 0) is 56.6 Å². The largest absolute Gasteiger partial charge is 0.368 e. The zero-order chi connectivity index (χ0) is 13.9. The molecule has 0 atom stereocenters. The van der Waals surface area contributed by atoms with Crippen molar-refractivity contribution in [1.29, 1.82) is 0 Å². The number of likely N-dealkylation sites (tertiary alicyclic amines) is 1. The third-order valence-electron chi connectivity index (χ3n) is 3.91. The lowest BCUT2D eigenvalue weighted by molar-refractivity contribution is 0.255. The molecule has 6 nitrogen and oxygen atoms in total. The Morgan fingerprint density at radius 3 is 2.48 bits per heavy atom. The van der Waals surface area contributed by atoms with E-state index in [1.165, 1.54) is 18.4 Å². The normalized spacial score (nSPS) is 16.4. The summed E-state index contributed by atoms with van der Waals surface area (Å²) in [5.41, 5.74) is 8.54. The predicted molar refractivity (Wildman–Crippen MR) is 84.2 cm³/mol. The Morgan fingerprint density at radius 1 is 1.10 bits per heavy atom. The van der Waals surface area contributed by atoms with Gasteiger partial charge in [0.2, 0.25) is 5.95 Å². The van der Waals surface area contributed by atoms with Crippen molar-refractivity contribution in [2.24, 2.45) is 0 Å². The van der Waals surface area contributed by atoms with E-state index < -0.39 is 0 Å². The monoisotopic (exact) mass is 286 g/mol. The minimum absolute atomic E-state index is 0. The van der Waals surface area contributed by atoms with Crippen LogP contribution in [0, 0.1) is 0 Å². The Kier molecular flexibility index (Phi) is 4.82. The van der Waals surface area contributed by atoms with E-state index >= 15 is 0 Å². The lowest BCUT2D eigenvalue weighted by Gasteiger charge is -2.29. The molecule has 21 heavy (non-hydrogen) atoms. The molecule has 5 N–H and O–H groups in total. The minimum atomic E-state index is 0. The Labute approximate surface area is 125 Å². The molecule has 2 aromatic heterocycles. The van der Waals surface area contributed by atoms with Gasteiger partial charge in [-0.3, -0.25) is 4.98 Å². The zero-order valence-electron chi connectivity index (χ0n) is 12.4.